The molecule has 1 aliphatic rings. The summed E-state index contributed by atoms with van der Waals surface area (Å²) < 4.78 is 0. The minimum atomic E-state index is 0.342. The molecule has 1 saturated heterocycles. The van der Waals surface area contributed by atoms with Crippen molar-refractivity contribution in [1.29, 1.82) is 0 Å². The predicted octanol–water partition coefficient (Wildman–Crippen LogP) is 1.33. The van der Waals surface area contributed by atoms with Gasteiger partial charge in [-0.3, -0.25) is 0 Å². The second-order valence-electron chi connectivity index (χ2n) is 5.71. The summed E-state index contributed by atoms with van der Waals surface area (Å²) >= 11 is 0. The molecule has 22 heavy (non-hydrogen) atoms. The lowest BCUT2D eigenvalue weighted by molar-refractivity contribution is 0.795. The Morgan fingerprint density at radius 1 is 1.18 bits per heavy atom. The average Bonchev–Trinajstić information content (AvgIpc) is 2.96. The van der Waals surface area contributed by atoms with Crippen molar-refractivity contribution in [2.75, 3.05) is 42.3 Å². The van der Waals surface area contributed by atoms with Gasteiger partial charge in [-0.1, -0.05) is 0 Å². The van der Waals surface area contributed by atoms with Crippen LogP contribution in [-0.4, -0.2) is 53.2 Å². The van der Waals surface area contributed by atoms with Gasteiger partial charge in [0.15, 0.2) is 0 Å². The Morgan fingerprint density at radius 3 is 2.77 bits per heavy atom. The Bertz CT molecular complexity index is 643. The van der Waals surface area contributed by atoms with Crippen LogP contribution in [0, 0.1) is 6.92 Å². The van der Waals surface area contributed by atoms with Gasteiger partial charge in [-0.2, -0.15) is 4.98 Å². The average molecular weight is 299 g/mol. The molecule has 2 aromatic heterocycles. The van der Waals surface area contributed by atoms with Crippen LogP contribution in [0.2, 0.25) is 0 Å². The van der Waals surface area contributed by atoms with Crippen LogP contribution in [0.3, 0.4) is 0 Å². The third kappa shape index (κ3) is 3.24. The minimum Gasteiger partial charge on any atom is -0.365 e. The van der Waals surface area contributed by atoms with Crippen LogP contribution in [-0.2, 0) is 0 Å². The Morgan fingerprint density at radius 2 is 2.00 bits per heavy atom. The van der Waals surface area contributed by atoms with Gasteiger partial charge in [0.2, 0.25) is 11.9 Å². The lowest BCUT2D eigenvalue weighted by Gasteiger charge is -2.18. The molecule has 3 rings (SSSR count). The molecule has 1 aliphatic heterocycles. The van der Waals surface area contributed by atoms with Crippen LogP contribution < -0.4 is 15.1 Å². The van der Waals surface area contributed by atoms with E-state index >= 15 is 0 Å². The number of aryl methyl sites for hydroxylation is 1. The molecule has 2 aromatic rings. The van der Waals surface area contributed by atoms with E-state index in [0.29, 0.717) is 12.0 Å². The van der Waals surface area contributed by atoms with E-state index in [1.807, 2.05) is 44.2 Å². The van der Waals surface area contributed by atoms with Crippen LogP contribution in [0.15, 0.2) is 24.5 Å². The van der Waals surface area contributed by atoms with E-state index in [4.69, 9.17) is 0 Å². The summed E-state index contributed by atoms with van der Waals surface area (Å²) in [5.74, 6) is 2.37. The zero-order valence-corrected chi connectivity index (χ0v) is 13.2. The fraction of sp³-hybridized carbons (Fsp3) is 0.467. The third-order valence-electron chi connectivity index (χ3n) is 3.65. The van der Waals surface area contributed by atoms with Gasteiger partial charge < -0.3 is 15.1 Å². The van der Waals surface area contributed by atoms with E-state index in [9.17, 15) is 0 Å². The molecule has 0 aromatic carbocycles. The van der Waals surface area contributed by atoms with E-state index in [0.717, 1.165) is 37.0 Å². The fourth-order valence-electron chi connectivity index (χ4n) is 2.50. The van der Waals surface area contributed by atoms with Gasteiger partial charge in [-0.05, 0) is 25.5 Å². The van der Waals surface area contributed by atoms with Crippen molar-refractivity contribution in [3.05, 3.63) is 30.2 Å². The van der Waals surface area contributed by atoms with Gasteiger partial charge in [-0.25, -0.2) is 15.0 Å². The number of aromatic nitrogens is 4. The first-order chi connectivity index (χ1) is 10.6. The summed E-state index contributed by atoms with van der Waals surface area (Å²) in [6.07, 6.45) is 4.63. The highest BCUT2D eigenvalue weighted by Gasteiger charge is 2.24. The van der Waals surface area contributed by atoms with Crippen molar-refractivity contribution in [1.82, 2.24) is 19.9 Å². The SMILES string of the molecule is Cc1ccnc(N2CCC(Nc3ccnc(N(C)C)n3)C2)n1. The molecular formula is C15H21N7. The number of hydrogen-bond acceptors (Lipinski definition) is 7. The van der Waals surface area contributed by atoms with Gasteiger partial charge in [-0.15, -0.1) is 0 Å². The molecule has 7 heteroatoms. The molecule has 1 atom stereocenters. The molecule has 0 radical (unpaired) electrons. The molecule has 116 valence electrons. The van der Waals surface area contributed by atoms with Gasteiger partial charge in [0.25, 0.3) is 0 Å². The molecule has 1 N–H and O–H groups in total. The topological polar surface area (TPSA) is 70.1 Å². The molecular weight excluding hydrogens is 278 g/mol. The van der Waals surface area contributed by atoms with Gasteiger partial charge in [0, 0.05) is 51.3 Å². The normalized spacial score (nSPS) is 17.6. The summed E-state index contributed by atoms with van der Waals surface area (Å²) in [6, 6.07) is 4.16. The summed E-state index contributed by atoms with van der Waals surface area (Å²) in [5.41, 5.74) is 0.993. The van der Waals surface area contributed by atoms with E-state index < -0.39 is 0 Å². The Labute approximate surface area is 130 Å². The van der Waals surface area contributed by atoms with Crippen molar-refractivity contribution >= 4 is 17.7 Å². The highest BCUT2D eigenvalue weighted by molar-refractivity contribution is 5.43. The lowest BCUT2D eigenvalue weighted by Crippen LogP contribution is -2.27. The Hall–Kier alpha value is -2.44. The first-order valence-electron chi connectivity index (χ1n) is 7.43. The predicted molar refractivity (Wildman–Crippen MR) is 87.4 cm³/mol. The number of nitrogens with zero attached hydrogens (tertiary/aromatic N) is 6. The molecule has 7 nitrogen and oxygen atoms in total. The molecule has 3 heterocycles. The maximum absolute atomic E-state index is 4.50. The van der Waals surface area contributed by atoms with Crippen LogP contribution in [0.1, 0.15) is 12.1 Å². The molecule has 0 bridgehead atoms. The first kappa shape index (κ1) is 14.5. The van der Waals surface area contributed by atoms with E-state index in [-0.39, 0.29) is 0 Å². The smallest absolute Gasteiger partial charge is 0.226 e. The Kier molecular flexibility index (Phi) is 4.04. The summed E-state index contributed by atoms with van der Waals surface area (Å²) in [7, 11) is 3.87. The van der Waals surface area contributed by atoms with E-state index in [2.05, 4.69) is 30.2 Å². The van der Waals surface area contributed by atoms with Crippen LogP contribution >= 0.6 is 0 Å². The second kappa shape index (κ2) is 6.13. The number of hydrogen-bond donors (Lipinski definition) is 1. The van der Waals surface area contributed by atoms with Crippen molar-refractivity contribution in [2.24, 2.45) is 0 Å². The number of rotatable bonds is 4. The maximum atomic E-state index is 4.50. The fourth-order valence-corrected chi connectivity index (χ4v) is 2.50. The van der Waals surface area contributed by atoms with Crippen molar-refractivity contribution in [3.8, 4) is 0 Å². The van der Waals surface area contributed by atoms with Crippen molar-refractivity contribution < 1.29 is 0 Å². The highest BCUT2D eigenvalue weighted by Crippen LogP contribution is 2.19. The molecule has 0 amide bonds. The molecule has 0 spiro atoms. The molecule has 0 aliphatic carbocycles. The first-order valence-corrected chi connectivity index (χ1v) is 7.43. The van der Waals surface area contributed by atoms with E-state index in [1.54, 1.807) is 6.20 Å². The zero-order chi connectivity index (χ0) is 15.5. The largest absolute Gasteiger partial charge is 0.365 e. The van der Waals surface area contributed by atoms with Gasteiger partial charge >= 0.3 is 0 Å². The van der Waals surface area contributed by atoms with Crippen molar-refractivity contribution in [3.63, 3.8) is 0 Å². The zero-order valence-electron chi connectivity index (χ0n) is 13.2. The molecule has 0 saturated carbocycles. The van der Waals surface area contributed by atoms with E-state index in [1.165, 1.54) is 0 Å². The van der Waals surface area contributed by atoms with Crippen molar-refractivity contribution in [2.45, 2.75) is 19.4 Å². The Balaban J connectivity index is 1.65. The summed E-state index contributed by atoms with van der Waals surface area (Å²) in [6.45, 7) is 3.82. The quantitative estimate of drug-likeness (QED) is 0.913. The monoisotopic (exact) mass is 299 g/mol. The lowest BCUT2D eigenvalue weighted by atomic mass is 10.2. The van der Waals surface area contributed by atoms with Gasteiger partial charge in [0.1, 0.15) is 5.82 Å². The summed E-state index contributed by atoms with van der Waals surface area (Å²) in [5, 5.41) is 3.48. The molecule has 1 unspecified atom stereocenters. The highest BCUT2D eigenvalue weighted by atomic mass is 15.3. The molecule has 1 fully saturated rings. The maximum Gasteiger partial charge on any atom is 0.226 e. The second-order valence-corrected chi connectivity index (χ2v) is 5.71. The number of nitrogens with one attached hydrogen (secondary N) is 1. The summed E-state index contributed by atoms with van der Waals surface area (Å²) in [4.78, 5) is 21.7. The van der Waals surface area contributed by atoms with Gasteiger partial charge in [0.05, 0.1) is 0 Å². The minimum absolute atomic E-state index is 0.342. The van der Waals surface area contributed by atoms with Crippen LogP contribution in [0.4, 0.5) is 17.7 Å². The standard InChI is InChI=1S/C15H21N7/c1-11-4-7-17-15(18-11)22-9-6-12(10-22)19-13-5-8-16-14(20-13)21(2)3/h4-5,7-8,12H,6,9-10H2,1-3H3,(H,16,19,20). The van der Waals surface area contributed by atoms with Crippen LogP contribution in [0.25, 0.3) is 0 Å². The van der Waals surface area contributed by atoms with Crippen LogP contribution in [0.5, 0.6) is 0 Å². The number of anilines is 3. The third-order valence-corrected chi connectivity index (χ3v) is 3.65.